The molecule has 6 nitrogen and oxygen atoms in total. The second-order valence-electron chi connectivity index (χ2n) is 5.51. The van der Waals surface area contributed by atoms with Crippen LogP contribution in [-0.2, 0) is 14.3 Å². The lowest BCUT2D eigenvalue weighted by Crippen LogP contribution is -2.30. The molecule has 0 amide bonds. The number of rotatable bonds is 5. The van der Waals surface area contributed by atoms with E-state index in [2.05, 4.69) is 0 Å². The number of phenolic OH excluding ortho intramolecular Hbond substituents is 1. The molecular weight excluding hydrogens is 332 g/mol. The van der Waals surface area contributed by atoms with E-state index >= 15 is 0 Å². The van der Waals surface area contributed by atoms with Crippen molar-refractivity contribution in [1.29, 1.82) is 0 Å². The molecule has 1 atom stereocenters. The summed E-state index contributed by atoms with van der Waals surface area (Å²) in [6.07, 6.45) is 0.0891. The zero-order valence-corrected chi connectivity index (χ0v) is 14.0. The summed E-state index contributed by atoms with van der Waals surface area (Å²) in [5.41, 5.74) is 0.513. The van der Waals surface area contributed by atoms with Crippen molar-refractivity contribution in [3.05, 3.63) is 48.0 Å². The van der Waals surface area contributed by atoms with Crippen LogP contribution in [0.2, 0.25) is 0 Å². The molecule has 0 spiro atoms. The van der Waals surface area contributed by atoms with Gasteiger partial charge in [-0.05, 0) is 30.7 Å². The molecule has 0 radical (unpaired) electrons. The second-order valence-corrected chi connectivity index (χ2v) is 7.10. The fourth-order valence-electron chi connectivity index (χ4n) is 2.42. The maximum Gasteiger partial charge on any atom is 0.297 e. The molecule has 2 aromatic rings. The van der Waals surface area contributed by atoms with Crippen molar-refractivity contribution in [2.75, 3.05) is 13.2 Å². The molecule has 128 valence electrons. The van der Waals surface area contributed by atoms with Crippen molar-refractivity contribution in [1.82, 2.24) is 0 Å². The van der Waals surface area contributed by atoms with Gasteiger partial charge in [0.25, 0.3) is 10.1 Å². The van der Waals surface area contributed by atoms with Crippen molar-refractivity contribution in [3.63, 3.8) is 0 Å². The fourth-order valence-corrected chi connectivity index (χ4v) is 3.59. The van der Waals surface area contributed by atoms with Crippen LogP contribution in [0, 0.1) is 6.92 Å². The molecule has 0 fully saturated rings. The number of hydrogen-bond acceptors (Lipinski definition) is 6. The highest BCUT2D eigenvalue weighted by atomic mass is 32.2. The predicted octanol–water partition coefficient (Wildman–Crippen LogP) is 2.64. The number of aryl methyl sites for hydroxylation is 1. The molecule has 0 saturated heterocycles. The van der Waals surface area contributed by atoms with Gasteiger partial charge in [-0.15, -0.1) is 0 Å². The third-order valence-electron chi connectivity index (χ3n) is 3.69. The van der Waals surface area contributed by atoms with Gasteiger partial charge in [0.15, 0.2) is 11.5 Å². The first-order chi connectivity index (χ1) is 11.5. The molecule has 2 aromatic carbocycles. The number of aromatic hydroxyl groups is 1. The molecule has 1 aliphatic heterocycles. The van der Waals surface area contributed by atoms with Crippen LogP contribution in [0.1, 0.15) is 12.0 Å². The molecule has 0 bridgehead atoms. The zero-order chi connectivity index (χ0) is 17.2. The Morgan fingerprint density at radius 3 is 2.75 bits per heavy atom. The van der Waals surface area contributed by atoms with Crippen molar-refractivity contribution in [3.8, 4) is 17.2 Å². The summed E-state index contributed by atoms with van der Waals surface area (Å²) in [5.74, 6) is 1.20. The highest BCUT2D eigenvalue weighted by Crippen LogP contribution is 2.31. The summed E-state index contributed by atoms with van der Waals surface area (Å²) < 4.78 is 40.9. The number of phenols is 1. The van der Waals surface area contributed by atoms with Crippen LogP contribution in [-0.4, -0.2) is 32.8 Å². The van der Waals surface area contributed by atoms with Crippen molar-refractivity contribution in [2.24, 2.45) is 0 Å². The van der Waals surface area contributed by atoms with Gasteiger partial charge in [0.1, 0.15) is 23.4 Å². The minimum atomic E-state index is -3.93. The van der Waals surface area contributed by atoms with E-state index in [1.165, 1.54) is 18.2 Å². The highest BCUT2D eigenvalue weighted by molar-refractivity contribution is 7.86. The maximum absolute atomic E-state index is 12.2. The number of ether oxygens (including phenoxy) is 2. The van der Waals surface area contributed by atoms with Crippen LogP contribution in [0.25, 0.3) is 0 Å². The Bertz CT molecular complexity index is 831. The van der Waals surface area contributed by atoms with Crippen LogP contribution >= 0.6 is 0 Å². The van der Waals surface area contributed by atoms with Crippen LogP contribution in [0.3, 0.4) is 0 Å². The first-order valence-corrected chi connectivity index (χ1v) is 8.94. The third-order valence-corrected chi connectivity index (χ3v) is 5.14. The standard InChI is InChI=1S/C17H18O6S/c1-12-6-7-13(18)10-17(12)24(19,20)22-9-8-14-11-21-15-4-2-3-5-16(15)23-14/h2-7,10,14,18H,8-9,11H2,1H3. The second kappa shape index (κ2) is 6.70. The van der Waals surface area contributed by atoms with Crippen LogP contribution in [0.5, 0.6) is 17.2 Å². The minimum absolute atomic E-state index is 0.0336. The van der Waals surface area contributed by atoms with E-state index in [0.717, 1.165) is 0 Å². The SMILES string of the molecule is Cc1ccc(O)cc1S(=O)(=O)OCCC1COc2ccccc2O1. The third kappa shape index (κ3) is 3.63. The molecule has 0 aromatic heterocycles. The first kappa shape index (κ1) is 16.6. The molecule has 1 unspecified atom stereocenters. The summed E-state index contributed by atoms with van der Waals surface area (Å²) in [4.78, 5) is -0.0336. The van der Waals surface area contributed by atoms with E-state index in [1.807, 2.05) is 18.2 Å². The lowest BCUT2D eigenvalue weighted by atomic mass is 10.2. The Morgan fingerprint density at radius 1 is 1.21 bits per heavy atom. The van der Waals surface area contributed by atoms with Gasteiger partial charge in [-0.1, -0.05) is 18.2 Å². The molecule has 24 heavy (non-hydrogen) atoms. The van der Waals surface area contributed by atoms with E-state index in [1.54, 1.807) is 13.0 Å². The van der Waals surface area contributed by atoms with Crippen LogP contribution in [0.15, 0.2) is 47.4 Å². The van der Waals surface area contributed by atoms with Gasteiger partial charge in [-0.25, -0.2) is 0 Å². The summed E-state index contributed by atoms with van der Waals surface area (Å²) >= 11 is 0. The Labute approximate surface area is 140 Å². The van der Waals surface area contributed by atoms with Gasteiger partial charge in [-0.3, -0.25) is 4.18 Å². The molecule has 1 aliphatic rings. The number of hydrogen-bond donors (Lipinski definition) is 1. The summed E-state index contributed by atoms with van der Waals surface area (Å²) in [7, 11) is -3.93. The average molecular weight is 350 g/mol. The van der Waals surface area contributed by atoms with Gasteiger partial charge in [-0.2, -0.15) is 8.42 Å². The quantitative estimate of drug-likeness (QED) is 0.835. The van der Waals surface area contributed by atoms with Crippen molar-refractivity contribution in [2.45, 2.75) is 24.3 Å². The van der Waals surface area contributed by atoms with Gasteiger partial charge in [0, 0.05) is 12.5 Å². The van der Waals surface area contributed by atoms with Gasteiger partial charge < -0.3 is 14.6 Å². The monoisotopic (exact) mass is 350 g/mol. The summed E-state index contributed by atoms with van der Waals surface area (Å²) in [6.45, 7) is 1.95. The van der Waals surface area contributed by atoms with Gasteiger partial charge in [0.2, 0.25) is 0 Å². The maximum atomic E-state index is 12.2. The Hall–Kier alpha value is -2.25. The number of fused-ring (bicyclic) bond motifs is 1. The lowest BCUT2D eigenvalue weighted by Gasteiger charge is -2.26. The molecule has 1 N–H and O–H groups in total. The molecule has 0 saturated carbocycles. The largest absolute Gasteiger partial charge is 0.508 e. The van der Waals surface area contributed by atoms with Crippen LogP contribution < -0.4 is 9.47 Å². The molecule has 1 heterocycles. The molecule has 7 heteroatoms. The smallest absolute Gasteiger partial charge is 0.297 e. The van der Waals surface area contributed by atoms with E-state index in [-0.39, 0.29) is 23.4 Å². The normalized spacial score (nSPS) is 16.8. The van der Waals surface area contributed by atoms with E-state index < -0.39 is 10.1 Å². The Morgan fingerprint density at radius 2 is 1.96 bits per heavy atom. The lowest BCUT2D eigenvalue weighted by molar-refractivity contribution is 0.0741. The first-order valence-electron chi connectivity index (χ1n) is 7.53. The van der Waals surface area contributed by atoms with E-state index in [9.17, 15) is 13.5 Å². The predicted molar refractivity (Wildman–Crippen MR) is 87.0 cm³/mol. The fraction of sp³-hybridized carbons (Fsp3) is 0.294. The molecule has 0 aliphatic carbocycles. The zero-order valence-electron chi connectivity index (χ0n) is 13.1. The van der Waals surface area contributed by atoms with Crippen molar-refractivity contribution >= 4 is 10.1 Å². The number of benzene rings is 2. The van der Waals surface area contributed by atoms with Gasteiger partial charge >= 0.3 is 0 Å². The summed E-state index contributed by atoms with van der Waals surface area (Å²) in [5, 5.41) is 9.47. The molecule has 3 rings (SSSR count). The van der Waals surface area contributed by atoms with E-state index in [0.29, 0.717) is 30.1 Å². The minimum Gasteiger partial charge on any atom is -0.508 e. The Balaban J connectivity index is 1.59. The average Bonchev–Trinajstić information content (AvgIpc) is 2.56. The van der Waals surface area contributed by atoms with Crippen molar-refractivity contribution < 1.29 is 27.2 Å². The summed E-state index contributed by atoms with van der Waals surface area (Å²) in [6, 6.07) is 11.5. The Kier molecular flexibility index (Phi) is 4.64. The van der Waals surface area contributed by atoms with Gasteiger partial charge in [0.05, 0.1) is 6.61 Å². The van der Waals surface area contributed by atoms with E-state index in [4.69, 9.17) is 13.7 Å². The van der Waals surface area contributed by atoms with Crippen LogP contribution in [0.4, 0.5) is 0 Å². The molecular formula is C17H18O6S. The number of para-hydroxylation sites is 2. The highest BCUT2D eigenvalue weighted by Gasteiger charge is 2.23. The topological polar surface area (TPSA) is 82.1 Å².